The molecule has 0 atom stereocenters. The molecular weight excluding hydrogens is 352 g/mol. The van der Waals surface area contributed by atoms with Crippen LogP contribution in [0.5, 0.6) is 0 Å². The number of nitrogens with zero attached hydrogens (tertiary/aromatic N) is 3. The van der Waals surface area contributed by atoms with Crippen LogP contribution < -0.4 is 5.32 Å². The second-order valence-electron chi connectivity index (χ2n) is 3.01. The van der Waals surface area contributed by atoms with Crippen molar-refractivity contribution in [2.75, 3.05) is 5.32 Å². The van der Waals surface area contributed by atoms with Crippen molar-refractivity contribution >= 4 is 43.6 Å². The maximum absolute atomic E-state index is 11.8. The Morgan fingerprint density at radius 1 is 1.18 bits per heavy atom. The van der Waals surface area contributed by atoms with Gasteiger partial charge in [-0.1, -0.05) is 0 Å². The van der Waals surface area contributed by atoms with E-state index in [1.807, 2.05) is 0 Å². The first kappa shape index (κ1) is 12.1. The summed E-state index contributed by atoms with van der Waals surface area (Å²) in [6.45, 7) is 0. The van der Waals surface area contributed by atoms with E-state index >= 15 is 0 Å². The Kier molecular flexibility index (Phi) is 3.80. The molecule has 0 bridgehead atoms. The van der Waals surface area contributed by atoms with E-state index in [-0.39, 0.29) is 5.91 Å². The largest absolute Gasteiger partial charge is 0.304 e. The van der Waals surface area contributed by atoms with E-state index in [1.165, 1.54) is 12.4 Å². The standard InChI is InChI=1S/C10H6Br2N4O/c11-6-2-1-3-13-9(6)10(17)16-8-5-14-7(12)4-15-8/h1-5H,(H,15,16,17). The molecule has 2 heterocycles. The lowest BCUT2D eigenvalue weighted by Gasteiger charge is -2.04. The molecule has 0 radical (unpaired) electrons. The minimum atomic E-state index is -0.339. The maximum Gasteiger partial charge on any atom is 0.276 e. The highest BCUT2D eigenvalue weighted by Gasteiger charge is 2.11. The molecule has 7 heteroatoms. The van der Waals surface area contributed by atoms with Gasteiger partial charge in [0.15, 0.2) is 5.82 Å². The number of aromatic nitrogens is 3. The fraction of sp³-hybridized carbons (Fsp3) is 0. The summed E-state index contributed by atoms with van der Waals surface area (Å²) in [5, 5.41) is 2.60. The van der Waals surface area contributed by atoms with Crippen LogP contribution in [0, 0.1) is 0 Å². The van der Waals surface area contributed by atoms with Gasteiger partial charge in [-0.2, -0.15) is 0 Å². The molecule has 0 saturated heterocycles. The molecule has 2 aromatic heterocycles. The van der Waals surface area contributed by atoms with Gasteiger partial charge in [0.25, 0.3) is 5.91 Å². The van der Waals surface area contributed by atoms with E-state index in [4.69, 9.17) is 0 Å². The highest BCUT2D eigenvalue weighted by molar-refractivity contribution is 9.10. The summed E-state index contributed by atoms with van der Waals surface area (Å²) in [7, 11) is 0. The number of pyridine rings is 1. The quantitative estimate of drug-likeness (QED) is 0.897. The summed E-state index contributed by atoms with van der Waals surface area (Å²) in [6, 6.07) is 3.48. The molecule has 0 unspecified atom stereocenters. The zero-order valence-corrected chi connectivity index (χ0v) is 11.6. The number of hydrogen-bond donors (Lipinski definition) is 1. The average Bonchev–Trinajstić information content (AvgIpc) is 2.32. The fourth-order valence-corrected chi connectivity index (χ4v) is 1.74. The van der Waals surface area contributed by atoms with Crippen molar-refractivity contribution in [3.05, 3.63) is 45.5 Å². The minimum Gasteiger partial charge on any atom is -0.304 e. The molecule has 17 heavy (non-hydrogen) atoms. The van der Waals surface area contributed by atoms with E-state index in [0.29, 0.717) is 20.6 Å². The molecule has 5 nitrogen and oxygen atoms in total. The van der Waals surface area contributed by atoms with Gasteiger partial charge in [-0.25, -0.2) is 15.0 Å². The molecular formula is C10H6Br2N4O. The van der Waals surface area contributed by atoms with Crippen LogP contribution in [0.25, 0.3) is 0 Å². The molecule has 0 fully saturated rings. The molecule has 0 aliphatic rings. The summed E-state index contributed by atoms with van der Waals surface area (Å²) in [4.78, 5) is 23.8. The van der Waals surface area contributed by atoms with Crippen LogP contribution in [0.4, 0.5) is 5.82 Å². The molecule has 0 spiro atoms. The number of rotatable bonds is 2. The Morgan fingerprint density at radius 3 is 2.65 bits per heavy atom. The molecule has 0 saturated carbocycles. The van der Waals surface area contributed by atoms with E-state index in [2.05, 4.69) is 52.1 Å². The topological polar surface area (TPSA) is 67.8 Å². The van der Waals surface area contributed by atoms with Gasteiger partial charge in [0.1, 0.15) is 10.3 Å². The summed E-state index contributed by atoms with van der Waals surface area (Å²) >= 11 is 6.42. The number of halogens is 2. The highest BCUT2D eigenvalue weighted by Crippen LogP contribution is 2.14. The number of nitrogens with one attached hydrogen (secondary N) is 1. The van der Waals surface area contributed by atoms with Crippen molar-refractivity contribution in [2.45, 2.75) is 0 Å². The third-order valence-electron chi connectivity index (χ3n) is 1.84. The predicted molar refractivity (Wildman–Crippen MR) is 69.6 cm³/mol. The van der Waals surface area contributed by atoms with E-state index in [0.717, 1.165) is 0 Å². The van der Waals surface area contributed by atoms with Gasteiger partial charge >= 0.3 is 0 Å². The monoisotopic (exact) mass is 356 g/mol. The van der Waals surface area contributed by atoms with Gasteiger partial charge < -0.3 is 5.32 Å². The molecule has 2 rings (SSSR count). The average molecular weight is 358 g/mol. The van der Waals surface area contributed by atoms with E-state index in [1.54, 1.807) is 18.3 Å². The van der Waals surface area contributed by atoms with Gasteiger partial charge in [0.05, 0.1) is 12.4 Å². The van der Waals surface area contributed by atoms with Crippen molar-refractivity contribution in [1.29, 1.82) is 0 Å². The van der Waals surface area contributed by atoms with Gasteiger partial charge in [0, 0.05) is 10.7 Å². The summed E-state index contributed by atoms with van der Waals surface area (Å²) in [5.74, 6) is 0.0323. The van der Waals surface area contributed by atoms with Crippen LogP contribution in [0.2, 0.25) is 0 Å². The first-order valence-electron chi connectivity index (χ1n) is 4.56. The molecule has 2 aromatic rings. The van der Waals surface area contributed by atoms with Crippen molar-refractivity contribution in [1.82, 2.24) is 15.0 Å². The van der Waals surface area contributed by atoms with Crippen LogP contribution in [-0.2, 0) is 0 Å². The van der Waals surface area contributed by atoms with Gasteiger partial charge in [-0.15, -0.1) is 0 Å². The van der Waals surface area contributed by atoms with Gasteiger partial charge in [0.2, 0.25) is 0 Å². The lowest BCUT2D eigenvalue weighted by Crippen LogP contribution is -2.15. The minimum absolute atomic E-state index is 0.303. The lowest BCUT2D eigenvalue weighted by molar-refractivity contribution is 0.102. The van der Waals surface area contributed by atoms with Crippen molar-refractivity contribution in [2.24, 2.45) is 0 Å². The Bertz CT molecular complexity index is 544. The first-order chi connectivity index (χ1) is 8.16. The summed E-state index contributed by atoms with van der Waals surface area (Å²) < 4.78 is 1.23. The fourth-order valence-electron chi connectivity index (χ4n) is 1.11. The summed E-state index contributed by atoms with van der Waals surface area (Å²) in [6.07, 6.45) is 4.51. The Morgan fingerprint density at radius 2 is 2.00 bits per heavy atom. The predicted octanol–water partition coefficient (Wildman–Crippen LogP) is 2.65. The number of carbonyl (C=O) groups excluding carboxylic acids is 1. The SMILES string of the molecule is O=C(Nc1cnc(Br)cn1)c1ncccc1Br. The normalized spacial score (nSPS) is 10.0. The van der Waals surface area contributed by atoms with Gasteiger partial charge in [-0.05, 0) is 44.0 Å². The molecule has 0 aliphatic carbocycles. The first-order valence-corrected chi connectivity index (χ1v) is 6.15. The van der Waals surface area contributed by atoms with Crippen LogP contribution >= 0.6 is 31.9 Å². The van der Waals surface area contributed by atoms with Crippen LogP contribution in [0.15, 0.2) is 39.8 Å². The number of anilines is 1. The van der Waals surface area contributed by atoms with Crippen molar-refractivity contribution in [3.8, 4) is 0 Å². The number of hydrogen-bond acceptors (Lipinski definition) is 4. The second kappa shape index (κ2) is 5.33. The number of amides is 1. The molecule has 1 N–H and O–H groups in total. The Labute approximate surface area is 114 Å². The number of carbonyl (C=O) groups is 1. The van der Waals surface area contributed by atoms with E-state index in [9.17, 15) is 4.79 Å². The van der Waals surface area contributed by atoms with Crippen molar-refractivity contribution < 1.29 is 4.79 Å². The Hall–Kier alpha value is -1.34. The molecule has 1 amide bonds. The maximum atomic E-state index is 11.8. The molecule has 0 aliphatic heterocycles. The van der Waals surface area contributed by atoms with Crippen molar-refractivity contribution in [3.63, 3.8) is 0 Å². The smallest absolute Gasteiger partial charge is 0.276 e. The van der Waals surface area contributed by atoms with E-state index < -0.39 is 0 Å². The zero-order valence-electron chi connectivity index (χ0n) is 8.39. The van der Waals surface area contributed by atoms with Gasteiger partial charge in [-0.3, -0.25) is 4.79 Å². The second-order valence-corrected chi connectivity index (χ2v) is 4.68. The third kappa shape index (κ3) is 3.07. The lowest BCUT2D eigenvalue weighted by atomic mass is 10.3. The highest BCUT2D eigenvalue weighted by atomic mass is 79.9. The van der Waals surface area contributed by atoms with Crippen LogP contribution in [-0.4, -0.2) is 20.9 Å². The molecule has 0 aromatic carbocycles. The Balaban J connectivity index is 2.17. The zero-order chi connectivity index (χ0) is 12.3. The third-order valence-corrected chi connectivity index (χ3v) is 2.88. The summed E-state index contributed by atoms with van der Waals surface area (Å²) in [5.41, 5.74) is 0.303. The van der Waals surface area contributed by atoms with Crippen LogP contribution in [0.1, 0.15) is 10.5 Å². The molecule has 86 valence electrons. The van der Waals surface area contributed by atoms with Crippen LogP contribution in [0.3, 0.4) is 0 Å².